The molecular formula is C19H29N3O2. The van der Waals surface area contributed by atoms with Crippen molar-refractivity contribution in [3.05, 3.63) is 29.8 Å². The number of anilines is 1. The van der Waals surface area contributed by atoms with Gasteiger partial charge >= 0.3 is 0 Å². The van der Waals surface area contributed by atoms with Gasteiger partial charge in [0, 0.05) is 38.3 Å². The Morgan fingerprint density at radius 1 is 1.33 bits per heavy atom. The summed E-state index contributed by atoms with van der Waals surface area (Å²) in [6, 6.07) is 7.96. The number of para-hydroxylation sites is 1. The maximum absolute atomic E-state index is 12.5. The minimum atomic E-state index is -0.325. The van der Waals surface area contributed by atoms with Crippen molar-refractivity contribution in [2.45, 2.75) is 46.1 Å². The molecule has 24 heavy (non-hydrogen) atoms. The number of benzene rings is 1. The molecule has 0 aliphatic carbocycles. The highest BCUT2D eigenvalue weighted by Crippen LogP contribution is 2.19. The van der Waals surface area contributed by atoms with Crippen LogP contribution in [-0.4, -0.2) is 48.9 Å². The van der Waals surface area contributed by atoms with Crippen LogP contribution in [0.5, 0.6) is 0 Å². The molecule has 2 amide bonds. The third kappa shape index (κ3) is 4.28. The molecular weight excluding hydrogens is 302 g/mol. The minimum Gasteiger partial charge on any atom is -0.370 e. The summed E-state index contributed by atoms with van der Waals surface area (Å²) in [4.78, 5) is 28.3. The molecule has 1 unspecified atom stereocenters. The van der Waals surface area contributed by atoms with Crippen molar-refractivity contribution in [2.24, 2.45) is 0 Å². The van der Waals surface area contributed by atoms with E-state index in [-0.39, 0.29) is 17.9 Å². The van der Waals surface area contributed by atoms with Gasteiger partial charge in [-0.1, -0.05) is 25.1 Å². The lowest BCUT2D eigenvalue weighted by molar-refractivity contribution is -0.137. The van der Waals surface area contributed by atoms with Crippen LogP contribution < -0.4 is 10.2 Å². The van der Waals surface area contributed by atoms with Gasteiger partial charge in [-0.05, 0) is 38.3 Å². The third-order valence-corrected chi connectivity index (χ3v) is 4.69. The zero-order valence-corrected chi connectivity index (χ0v) is 15.0. The largest absolute Gasteiger partial charge is 0.370 e. The van der Waals surface area contributed by atoms with Crippen LogP contribution in [0, 0.1) is 6.92 Å². The highest BCUT2D eigenvalue weighted by molar-refractivity contribution is 5.88. The van der Waals surface area contributed by atoms with Gasteiger partial charge in [0.1, 0.15) is 6.04 Å². The molecule has 0 bridgehead atoms. The second kappa shape index (κ2) is 8.71. The van der Waals surface area contributed by atoms with Crippen molar-refractivity contribution in [1.82, 2.24) is 10.2 Å². The lowest BCUT2D eigenvalue weighted by Crippen LogP contribution is -2.48. The molecule has 1 fully saturated rings. The highest BCUT2D eigenvalue weighted by atomic mass is 16.2. The molecule has 1 N–H and O–H groups in total. The summed E-state index contributed by atoms with van der Waals surface area (Å²) in [6.07, 6.45) is 2.09. The first kappa shape index (κ1) is 18.3. The first-order valence-corrected chi connectivity index (χ1v) is 8.96. The van der Waals surface area contributed by atoms with Gasteiger partial charge in [0.2, 0.25) is 11.8 Å². The lowest BCUT2D eigenvalue weighted by atomic mass is 10.1. The average Bonchev–Trinajstić information content (AvgIpc) is 2.99. The topological polar surface area (TPSA) is 52.7 Å². The smallest absolute Gasteiger partial charge is 0.242 e. The zero-order valence-electron chi connectivity index (χ0n) is 15.0. The van der Waals surface area contributed by atoms with E-state index in [1.807, 2.05) is 19.1 Å². The number of nitrogens with zero attached hydrogens (tertiary/aromatic N) is 2. The van der Waals surface area contributed by atoms with Gasteiger partial charge in [0.25, 0.3) is 0 Å². The normalized spacial score (nSPS) is 15.5. The van der Waals surface area contributed by atoms with Crippen molar-refractivity contribution >= 4 is 17.5 Å². The number of rotatable bonds is 8. The first-order chi connectivity index (χ1) is 11.6. The summed E-state index contributed by atoms with van der Waals surface area (Å²) in [5.74, 6) is 0.0701. The van der Waals surface area contributed by atoms with Crippen molar-refractivity contribution in [3.8, 4) is 0 Å². The molecule has 5 nitrogen and oxygen atoms in total. The molecule has 1 saturated heterocycles. The minimum absolute atomic E-state index is 0.0337. The molecule has 0 spiro atoms. The highest BCUT2D eigenvalue weighted by Gasteiger charge is 2.31. The van der Waals surface area contributed by atoms with E-state index >= 15 is 0 Å². The summed E-state index contributed by atoms with van der Waals surface area (Å²) < 4.78 is 0. The Hall–Kier alpha value is -2.04. The summed E-state index contributed by atoms with van der Waals surface area (Å²) in [7, 11) is 0. The van der Waals surface area contributed by atoms with Crippen LogP contribution in [-0.2, 0) is 9.59 Å². The quantitative estimate of drug-likeness (QED) is 0.795. The zero-order chi connectivity index (χ0) is 17.5. The fraction of sp³-hybridized carbons (Fsp3) is 0.579. The number of carbonyl (C=O) groups is 2. The number of amides is 2. The summed E-state index contributed by atoms with van der Waals surface area (Å²) in [6.45, 7) is 9.12. The Morgan fingerprint density at radius 3 is 2.67 bits per heavy atom. The van der Waals surface area contributed by atoms with Gasteiger partial charge in [-0.15, -0.1) is 0 Å². The number of likely N-dealkylation sites (tertiary alicyclic amines) is 1. The van der Waals surface area contributed by atoms with E-state index in [4.69, 9.17) is 0 Å². The number of hydrogen-bond acceptors (Lipinski definition) is 3. The SMILES string of the molecule is CCC(C(=O)NCCN(CC)c1ccccc1C)N1CCCC1=O. The van der Waals surface area contributed by atoms with Crippen molar-refractivity contribution in [2.75, 3.05) is 31.1 Å². The van der Waals surface area contributed by atoms with Gasteiger partial charge in [0.15, 0.2) is 0 Å². The molecule has 1 atom stereocenters. The number of nitrogens with one attached hydrogen (secondary N) is 1. The van der Waals surface area contributed by atoms with E-state index < -0.39 is 0 Å². The average molecular weight is 331 g/mol. The molecule has 2 rings (SSSR count). The Kier molecular flexibility index (Phi) is 6.64. The van der Waals surface area contributed by atoms with Crippen LogP contribution in [0.3, 0.4) is 0 Å². The number of likely N-dealkylation sites (N-methyl/N-ethyl adjacent to an activating group) is 1. The fourth-order valence-corrected chi connectivity index (χ4v) is 3.34. The lowest BCUT2D eigenvalue weighted by Gasteiger charge is -2.28. The summed E-state index contributed by atoms with van der Waals surface area (Å²) in [5, 5.41) is 3.01. The maximum Gasteiger partial charge on any atom is 0.242 e. The Bertz CT molecular complexity index is 573. The van der Waals surface area contributed by atoms with Gasteiger partial charge in [-0.2, -0.15) is 0 Å². The molecule has 1 heterocycles. The Labute approximate surface area is 145 Å². The summed E-state index contributed by atoms with van der Waals surface area (Å²) >= 11 is 0. The Balaban J connectivity index is 1.88. The Morgan fingerprint density at radius 2 is 2.08 bits per heavy atom. The molecule has 1 aliphatic heterocycles. The monoisotopic (exact) mass is 331 g/mol. The standard InChI is InChI=1S/C19H29N3O2/c1-4-16(22-13-8-11-18(22)23)19(24)20-12-14-21(5-2)17-10-7-6-9-15(17)3/h6-7,9-10,16H,4-5,8,11-14H2,1-3H3,(H,20,24). The van der Waals surface area contributed by atoms with E-state index in [2.05, 4.69) is 36.2 Å². The van der Waals surface area contributed by atoms with E-state index in [0.717, 1.165) is 19.5 Å². The second-order valence-corrected chi connectivity index (χ2v) is 6.27. The number of hydrogen-bond donors (Lipinski definition) is 1. The van der Waals surface area contributed by atoms with Crippen molar-refractivity contribution in [3.63, 3.8) is 0 Å². The predicted octanol–water partition coefficient (Wildman–Crippen LogP) is 2.34. The van der Waals surface area contributed by atoms with Gasteiger partial charge in [-0.3, -0.25) is 9.59 Å². The number of aryl methyl sites for hydroxylation is 1. The second-order valence-electron chi connectivity index (χ2n) is 6.27. The summed E-state index contributed by atoms with van der Waals surface area (Å²) in [5.41, 5.74) is 2.44. The van der Waals surface area contributed by atoms with E-state index in [0.29, 0.717) is 25.9 Å². The van der Waals surface area contributed by atoms with Crippen molar-refractivity contribution in [1.29, 1.82) is 0 Å². The molecule has 132 valence electrons. The molecule has 0 saturated carbocycles. The molecule has 1 aromatic rings. The van der Waals surface area contributed by atoms with E-state index in [1.54, 1.807) is 4.90 Å². The van der Waals surface area contributed by atoms with Crippen LogP contribution >= 0.6 is 0 Å². The van der Waals surface area contributed by atoms with Crippen LogP contribution in [0.4, 0.5) is 5.69 Å². The van der Waals surface area contributed by atoms with Crippen LogP contribution in [0.15, 0.2) is 24.3 Å². The molecule has 5 heteroatoms. The number of carbonyl (C=O) groups excluding carboxylic acids is 2. The van der Waals surface area contributed by atoms with Crippen LogP contribution in [0.1, 0.15) is 38.7 Å². The predicted molar refractivity (Wildman–Crippen MR) is 97.1 cm³/mol. The van der Waals surface area contributed by atoms with Gasteiger partial charge < -0.3 is 15.1 Å². The van der Waals surface area contributed by atoms with Gasteiger partial charge in [-0.25, -0.2) is 0 Å². The molecule has 1 aliphatic rings. The van der Waals surface area contributed by atoms with Crippen LogP contribution in [0.25, 0.3) is 0 Å². The molecule has 1 aromatic carbocycles. The van der Waals surface area contributed by atoms with E-state index in [1.165, 1.54) is 11.3 Å². The molecule has 0 radical (unpaired) electrons. The first-order valence-electron chi connectivity index (χ1n) is 8.96. The fourth-order valence-electron chi connectivity index (χ4n) is 3.34. The van der Waals surface area contributed by atoms with E-state index in [9.17, 15) is 9.59 Å². The van der Waals surface area contributed by atoms with Gasteiger partial charge in [0.05, 0.1) is 0 Å². The third-order valence-electron chi connectivity index (χ3n) is 4.69. The van der Waals surface area contributed by atoms with Crippen LogP contribution in [0.2, 0.25) is 0 Å². The maximum atomic E-state index is 12.5. The molecule has 0 aromatic heterocycles. The van der Waals surface area contributed by atoms with Crippen molar-refractivity contribution < 1.29 is 9.59 Å².